The summed E-state index contributed by atoms with van der Waals surface area (Å²) in [5.74, 6) is 0.573. The zero-order valence-corrected chi connectivity index (χ0v) is 7.53. The van der Waals surface area contributed by atoms with Gasteiger partial charge >= 0.3 is 6.09 Å². The van der Waals surface area contributed by atoms with Crippen molar-refractivity contribution >= 4 is 11.8 Å². The van der Waals surface area contributed by atoms with Crippen molar-refractivity contribution in [2.75, 3.05) is 5.32 Å². The zero-order valence-electron chi connectivity index (χ0n) is 7.53. The molecular formula is C8H7N5O2. The van der Waals surface area contributed by atoms with E-state index in [0.29, 0.717) is 11.5 Å². The second kappa shape index (κ2) is 3.74. The first-order valence-corrected chi connectivity index (χ1v) is 4.07. The standard InChI is InChI=1S/C8H7N5O2/c14-8(15)12-6-1-2-7(10-3-6)13-5-9-4-11-13/h1-5,12H,(H,14,15). The first-order valence-electron chi connectivity index (χ1n) is 4.07. The summed E-state index contributed by atoms with van der Waals surface area (Å²) in [6.45, 7) is 0. The average molecular weight is 205 g/mol. The van der Waals surface area contributed by atoms with Crippen LogP contribution in [-0.4, -0.2) is 30.9 Å². The molecule has 0 aliphatic heterocycles. The molecule has 0 bridgehead atoms. The molecule has 1 amide bonds. The van der Waals surface area contributed by atoms with E-state index < -0.39 is 6.09 Å². The van der Waals surface area contributed by atoms with E-state index in [4.69, 9.17) is 5.11 Å². The minimum absolute atomic E-state index is 0.409. The fraction of sp³-hybridized carbons (Fsp3) is 0. The summed E-state index contributed by atoms with van der Waals surface area (Å²) in [7, 11) is 0. The fourth-order valence-corrected chi connectivity index (χ4v) is 1.05. The van der Waals surface area contributed by atoms with Gasteiger partial charge in [0.05, 0.1) is 11.9 Å². The van der Waals surface area contributed by atoms with Gasteiger partial charge in [0, 0.05) is 0 Å². The number of rotatable bonds is 2. The van der Waals surface area contributed by atoms with Gasteiger partial charge in [-0.2, -0.15) is 5.10 Å². The SMILES string of the molecule is O=C(O)Nc1ccc(-n2cncn2)nc1. The van der Waals surface area contributed by atoms with Crippen molar-refractivity contribution < 1.29 is 9.90 Å². The molecule has 7 heteroatoms. The van der Waals surface area contributed by atoms with E-state index in [-0.39, 0.29) is 0 Å². The highest BCUT2D eigenvalue weighted by atomic mass is 16.4. The molecule has 2 rings (SSSR count). The molecule has 0 aliphatic carbocycles. The van der Waals surface area contributed by atoms with Crippen LogP contribution in [0.2, 0.25) is 0 Å². The van der Waals surface area contributed by atoms with E-state index in [1.165, 1.54) is 23.5 Å². The summed E-state index contributed by atoms with van der Waals surface area (Å²) in [4.78, 5) is 18.1. The maximum Gasteiger partial charge on any atom is 0.409 e. The van der Waals surface area contributed by atoms with Crippen LogP contribution in [0, 0.1) is 0 Å². The highest BCUT2D eigenvalue weighted by Gasteiger charge is 2.00. The van der Waals surface area contributed by atoms with Gasteiger partial charge in [-0.3, -0.25) is 5.32 Å². The Bertz CT molecular complexity index is 450. The molecular weight excluding hydrogens is 198 g/mol. The molecule has 0 fully saturated rings. The summed E-state index contributed by atoms with van der Waals surface area (Å²) in [6, 6.07) is 3.23. The molecule has 0 saturated heterocycles. The van der Waals surface area contributed by atoms with Gasteiger partial charge in [0.25, 0.3) is 0 Å². The third kappa shape index (κ3) is 2.08. The summed E-state index contributed by atoms with van der Waals surface area (Å²) >= 11 is 0. The van der Waals surface area contributed by atoms with Gasteiger partial charge in [-0.05, 0) is 12.1 Å². The smallest absolute Gasteiger partial charge is 0.409 e. The highest BCUT2D eigenvalue weighted by Crippen LogP contribution is 2.07. The lowest BCUT2D eigenvalue weighted by atomic mass is 10.4. The Morgan fingerprint density at radius 1 is 1.47 bits per heavy atom. The number of hydrogen-bond donors (Lipinski definition) is 2. The first-order chi connectivity index (χ1) is 7.25. The quantitative estimate of drug-likeness (QED) is 0.754. The van der Waals surface area contributed by atoms with Crippen molar-refractivity contribution in [1.82, 2.24) is 19.7 Å². The lowest BCUT2D eigenvalue weighted by Gasteiger charge is -2.01. The summed E-state index contributed by atoms with van der Waals surface area (Å²) in [5, 5.41) is 14.5. The van der Waals surface area contributed by atoms with Crippen LogP contribution in [0.25, 0.3) is 5.82 Å². The van der Waals surface area contributed by atoms with Crippen LogP contribution in [-0.2, 0) is 0 Å². The fourth-order valence-electron chi connectivity index (χ4n) is 1.05. The van der Waals surface area contributed by atoms with Gasteiger partial charge < -0.3 is 5.11 Å². The van der Waals surface area contributed by atoms with Crippen LogP contribution in [0.3, 0.4) is 0 Å². The van der Waals surface area contributed by atoms with Crippen LogP contribution < -0.4 is 5.32 Å². The number of amides is 1. The molecule has 0 aliphatic rings. The first kappa shape index (κ1) is 9.13. The van der Waals surface area contributed by atoms with Gasteiger partial charge in [-0.25, -0.2) is 19.4 Å². The molecule has 0 aromatic carbocycles. The van der Waals surface area contributed by atoms with Gasteiger partial charge in [0.2, 0.25) is 0 Å². The van der Waals surface area contributed by atoms with E-state index in [1.54, 1.807) is 12.1 Å². The topological polar surface area (TPSA) is 92.9 Å². The monoisotopic (exact) mass is 205 g/mol. The third-order valence-electron chi connectivity index (χ3n) is 1.65. The predicted octanol–water partition coefficient (Wildman–Crippen LogP) is 0.752. The summed E-state index contributed by atoms with van der Waals surface area (Å²) < 4.78 is 1.48. The molecule has 76 valence electrons. The number of anilines is 1. The Morgan fingerprint density at radius 3 is 2.87 bits per heavy atom. The minimum Gasteiger partial charge on any atom is -0.465 e. The second-order valence-electron chi connectivity index (χ2n) is 2.68. The number of carboxylic acid groups (broad SMARTS) is 1. The van der Waals surface area contributed by atoms with Crippen molar-refractivity contribution in [1.29, 1.82) is 0 Å². The average Bonchev–Trinajstić information content (AvgIpc) is 2.71. The lowest BCUT2D eigenvalue weighted by molar-refractivity contribution is 0.209. The number of aromatic nitrogens is 4. The van der Waals surface area contributed by atoms with Gasteiger partial charge in [0.15, 0.2) is 5.82 Å². The second-order valence-corrected chi connectivity index (χ2v) is 2.68. The van der Waals surface area contributed by atoms with Crippen LogP contribution in [0.15, 0.2) is 31.0 Å². The summed E-state index contributed by atoms with van der Waals surface area (Å²) in [5.41, 5.74) is 0.409. The van der Waals surface area contributed by atoms with E-state index in [1.807, 2.05) is 0 Å². The van der Waals surface area contributed by atoms with Crippen LogP contribution in [0.4, 0.5) is 10.5 Å². The van der Waals surface area contributed by atoms with E-state index in [9.17, 15) is 4.79 Å². The zero-order chi connectivity index (χ0) is 10.7. The molecule has 2 heterocycles. The van der Waals surface area contributed by atoms with E-state index >= 15 is 0 Å². The molecule has 0 radical (unpaired) electrons. The van der Waals surface area contributed by atoms with E-state index in [0.717, 1.165) is 0 Å². The van der Waals surface area contributed by atoms with Crippen molar-refractivity contribution in [2.24, 2.45) is 0 Å². The molecule has 15 heavy (non-hydrogen) atoms. The van der Waals surface area contributed by atoms with Crippen LogP contribution >= 0.6 is 0 Å². The Hall–Kier alpha value is -2.44. The molecule has 2 aromatic rings. The Morgan fingerprint density at radius 2 is 2.33 bits per heavy atom. The molecule has 2 N–H and O–H groups in total. The summed E-state index contributed by atoms with van der Waals surface area (Å²) in [6.07, 6.45) is 3.19. The molecule has 0 spiro atoms. The van der Waals surface area contributed by atoms with Gasteiger partial charge in [-0.15, -0.1) is 0 Å². The number of nitrogens with zero attached hydrogens (tertiary/aromatic N) is 4. The number of nitrogens with one attached hydrogen (secondary N) is 1. The Labute approximate surface area is 84.4 Å². The number of carbonyl (C=O) groups is 1. The molecule has 0 atom stereocenters. The van der Waals surface area contributed by atoms with Gasteiger partial charge in [-0.1, -0.05) is 0 Å². The van der Waals surface area contributed by atoms with Crippen molar-refractivity contribution in [3.63, 3.8) is 0 Å². The van der Waals surface area contributed by atoms with Crippen molar-refractivity contribution in [3.05, 3.63) is 31.0 Å². The van der Waals surface area contributed by atoms with Gasteiger partial charge in [0.1, 0.15) is 12.7 Å². The normalized spacial score (nSPS) is 9.87. The highest BCUT2D eigenvalue weighted by molar-refractivity contribution is 5.82. The minimum atomic E-state index is -1.12. The van der Waals surface area contributed by atoms with Crippen molar-refractivity contribution in [2.45, 2.75) is 0 Å². The van der Waals surface area contributed by atoms with Crippen LogP contribution in [0.1, 0.15) is 0 Å². The number of hydrogen-bond acceptors (Lipinski definition) is 4. The van der Waals surface area contributed by atoms with E-state index in [2.05, 4.69) is 20.4 Å². The maximum absolute atomic E-state index is 10.3. The lowest BCUT2D eigenvalue weighted by Crippen LogP contribution is -2.08. The maximum atomic E-state index is 10.3. The molecule has 0 unspecified atom stereocenters. The molecule has 7 nitrogen and oxygen atoms in total. The largest absolute Gasteiger partial charge is 0.465 e. The Kier molecular flexibility index (Phi) is 2.28. The van der Waals surface area contributed by atoms with Crippen molar-refractivity contribution in [3.8, 4) is 5.82 Å². The third-order valence-corrected chi connectivity index (χ3v) is 1.65. The predicted molar refractivity (Wildman–Crippen MR) is 50.8 cm³/mol. The number of pyridine rings is 1. The molecule has 2 aromatic heterocycles. The van der Waals surface area contributed by atoms with Crippen LogP contribution in [0.5, 0.6) is 0 Å². The molecule has 0 saturated carbocycles. The Balaban J connectivity index is 2.21.